The van der Waals surface area contributed by atoms with E-state index in [4.69, 9.17) is 9.47 Å². The standard InChI is InChI=1S/C23H20N2O3S/c1-2-27-19-12-11-15-7-3-4-8-17(15)21(19)22(26)28-16-13-25(14-16)23-24-18-9-5-6-10-20(18)29-23/h3-12,16H,2,13-14H2,1H3. The van der Waals surface area contributed by atoms with Crippen molar-refractivity contribution in [3.63, 3.8) is 0 Å². The Balaban J connectivity index is 1.33. The molecule has 1 aromatic heterocycles. The second-order valence-corrected chi connectivity index (χ2v) is 8.00. The lowest BCUT2D eigenvalue weighted by Crippen LogP contribution is -2.53. The van der Waals surface area contributed by atoms with Crippen molar-refractivity contribution >= 4 is 43.4 Å². The number of fused-ring (bicyclic) bond motifs is 2. The molecule has 0 unspecified atom stereocenters. The van der Waals surface area contributed by atoms with Crippen molar-refractivity contribution in [1.82, 2.24) is 4.98 Å². The van der Waals surface area contributed by atoms with Crippen molar-refractivity contribution in [3.8, 4) is 5.75 Å². The highest BCUT2D eigenvalue weighted by atomic mass is 32.1. The van der Waals surface area contributed by atoms with E-state index in [0.29, 0.717) is 31.0 Å². The summed E-state index contributed by atoms with van der Waals surface area (Å²) in [6.45, 7) is 3.71. The molecule has 0 N–H and O–H groups in total. The molecule has 0 spiro atoms. The van der Waals surface area contributed by atoms with Crippen molar-refractivity contribution in [2.45, 2.75) is 13.0 Å². The number of thiazole rings is 1. The Hall–Kier alpha value is -3.12. The number of para-hydroxylation sites is 1. The SMILES string of the molecule is CCOc1ccc2ccccc2c1C(=O)OC1CN(c2nc3ccccc3s2)C1. The topological polar surface area (TPSA) is 51.7 Å². The minimum atomic E-state index is -0.334. The maximum absolute atomic E-state index is 13.0. The molecule has 5 rings (SSSR count). The van der Waals surface area contributed by atoms with Gasteiger partial charge >= 0.3 is 5.97 Å². The highest BCUT2D eigenvalue weighted by Gasteiger charge is 2.33. The monoisotopic (exact) mass is 404 g/mol. The molecule has 1 saturated heterocycles. The zero-order chi connectivity index (χ0) is 19.8. The Morgan fingerprint density at radius 1 is 1.10 bits per heavy atom. The Kier molecular flexibility index (Phi) is 4.56. The van der Waals surface area contributed by atoms with E-state index < -0.39 is 0 Å². The third-order valence-corrected chi connectivity index (χ3v) is 6.17. The number of hydrogen-bond donors (Lipinski definition) is 0. The van der Waals surface area contributed by atoms with Gasteiger partial charge in [-0.15, -0.1) is 0 Å². The summed E-state index contributed by atoms with van der Waals surface area (Å²) in [5.41, 5.74) is 1.51. The molecule has 4 aromatic rings. The fourth-order valence-corrected chi connectivity index (χ4v) is 4.60. The Labute approximate surface area is 172 Å². The average molecular weight is 404 g/mol. The van der Waals surface area contributed by atoms with E-state index in [1.165, 1.54) is 4.70 Å². The van der Waals surface area contributed by atoms with Gasteiger partial charge in [-0.1, -0.05) is 53.8 Å². The normalized spacial score (nSPS) is 14.2. The van der Waals surface area contributed by atoms with Crippen molar-refractivity contribution in [2.24, 2.45) is 0 Å². The zero-order valence-corrected chi connectivity index (χ0v) is 16.8. The second-order valence-electron chi connectivity index (χ2n) is 6.99. The molecule has 1 fully saturated rings. The highest BCUT2D eigenvalue weighted by Crippen LogP contribution is 2.33. The summed E-state index contributed by atoms with van der Waals surface area (Å²) in [6, 6.07) is 19.7. The third-order valence-electron chi connectivity index (χ3n) is 5.07. The number of ether oxygens (including phenoxy) is 2. The molecule has 0 atom stereocenters. The van der Waals surface area contributed by atoms with E-state index in [0.717, 1.165) is 21.4 Å². The van der Waals surface area contributed by atoms with Crippen LogP contribution in [0.1, 0.15) is 17.3 Å². The third kappa shape index (κ3) is 3.29. The average Bonchev–Trinajstić information content (AvgIpc) is 3.13. The molecular weight excluding hydrogens is 384 g/mol. The van der Waals surface area contributed by atoms with Crippen LogP contribution < -0.4 is 9.64 Å². The summed E-state index contributed by atoms with van der Waals surface area (Å²) >= 11 is 1.66. The van der Waals surface area contributed by atoms with Crippen LogP contribution in [-0.4, -0.2) is 36.8 Å². The van der Waals surface area contributed by atoms with E-state index in [1.807, 2.05) is 61.5 Å². The number of aromatic nitrogens is 1. The zero-order valence-electron chi connectivity index (χ0n) is 16.0. The van der Waals surface area contributed by atoms with Crippen LogP contribution in [0, 0.1) is 0 Å². The molecular formula is C23H20N2O3S. The molecule has 0 bridgehead atoms. The molecule has 0 saturated carbocycles. The Morgan fingerprint density at radius 2 is 1.90 bits per heavy atom. The molecule has 5 nitrogen and oxygen atoms in total. The predicted molar refractivity (Wildman–Crippen MR) is 116 cm³/mol. The number of benzene rings is 3. The van der Waals surface area contributed by atoms with Crippen LogP contribution in [0.3, 0.4) is 0 Å². The minimum Gasteiger partial charge on any atom is -0.493 e. The first-order valence-corrected chi connectivity index (χ1v) is 10.5. The van der Waals surface area contributed by atoms with Gasteiger partial charge in [0.2, 0.25) is 0 Å². The lowest BCUT2D eigenvalue weighted by Gasteiger charge is -2.38. The number of carbonyl (C=O) groups is 1. The Bertz CT molecular complexity index is 1160. The van der Waals surface area contributed by atoms with Crippen molar-refractivity contribution in [3.05, 3.63) is 66.2 Å². The molecule has 0 amide bonds. The fourth-order valence-electron chi connectivity index (χ4n) is 3.61. The number of rotatable bonds is 5. The lowest BCUT2D eigenvalue weighted by molar-refractivity contribution is 0.0233. The summed E-state index contributed by atoms with van der Waals surface area (Å²) in [5, 5.41) is 2.82. The van der Waals surface area contributed by atoms with E-state index in [-0.39, 0.29) is 12.1 Å². The van der Waals surface area contributed by atoms with Crippen LogP contribution in [0.5, 0.6) is 5.75 Å². The van der Waals surface area contributed by atoms with Gasteiger partial charge in [-0.25, -0.2) is 9.78 Å². The largest absolute Gasteiger partial charge is 0.493 e. The van der Waals surface area contributed by atoms with Crippen molar-refractivity contribution in [2.75, 3.05) is 24.6 Å². The van der Waals surface area contributed by atoms with Gasteiger partial charge in [-0.2, -0.15) is 0 Å². The van der Waals surface area contributed by atoms with Crippen LogP contribution in [0.4, 0.5) is 5.13 Å². The first-order chi connectivity index (χ1) is 14.2. The number of esters is 1. The maximum Gasteiger partial charge on any atom is 0.342 e. The summed E-state index contributed by atoms with van der Waals surface area (Å²) in [4.78, 5) is 19.8. The molecule has 146 valence electrons. The molecule has 29 heavy (non-hydrogen) atoms. The van der Waals surface area contributed by atoms with Crippen LogP contribution in [0.25, 0.3) is 21.0 Å². The van der Waals surface area contributed by atoms with Crippen molar-refractivity contribution in [1.29, 1.82) is 0 Å². The highest BCUT2D eigenvalue weighted by molar-refractivity contribution is 7.22. The van der Waals surface area contributed by atoms with Crippen LogP contribution in [-0.2, 0) is 4.74 Å². The van der Waals surface area contributed by atoms with Crippen molar-refractivity contribution < 1.29 is 14.3 Å². The smallest absolute Gasteiger partial charge is 0.342 e. The summed E-state index contributed by atoms with van der Waals surface area (Å²) < 4.78 is 12.7. The maximum atomic E-state index is 13.0. The number of nitrogens with zero attached hydrogens (tertiary/aromatic N) is 2. The first kappa shape index (κ1) is 17.9. The van der Waals surface area contributed by atoms with Gasteiger partial charge in [0.25, 0.3) is 0 Å². The van der Waals surface area contributed by atoms with Crippen LogP contribution in [0.2, 0.25) is 0 Å². The quantitative estimate of drug-likeness (QED) is 0.443. The first-order valence-electron chi connectivity index (χ1n) is 9.69. The van der Waals surface area contributed by atoms with Gasteiger partial charge in [0.1, 0.15) is 17.4 Å². The molecule has 0 aliphatic carbocycles. The molecule has 1 aliphatic rings. The van der Waals surface area contributed by atoms with Gasteiger partial charge in [0.15, 0.2) is 5.13 Å². The van der Waals surface area contributed by atoms with Crippen LogP contribution >= 0.6 is 11.3 Å². The molecule has 0 radical (unpaired) electrons. The molecule has 2 heterocycles. The lowest BCUT2D eigenvalue weighted by atomic mass is 10.0. The number of carbonyl (C=O) groups excluding carboxylic acids is 1. The molecule has 1 aliphatic heterocycles. The van der Waals surface area contributed by atoms with E-state index in [2.05, 4.69) is 16.0 Å². The van der Waals surface area contributed by atoms with E-state index >= 15 is 0 Å². The predicted octanol–water partition coefficient (Wildman–Crippen LogP) is 4.89. The van der Waals surface area contributed by atoms with E-state index in [1.54, 1.807) is 11.3 Å². The fraction of sp³-hybridized carbons (Fsp3) is 0.217. The Morgan fingerprint density at radius 3 is 2.72 bits per heavy atom. The van der Waals surface area contributed by atoms with Gasteiger partial charge in [0, 0.05) is 0 Å². The summed E-state index contributed by atoms with van der Waals surface area (Å²) in [7, 11) is 0. The molecule has 6 heteroatoms. The number of anilines is 1. The van der Waals surface area contributed by atoms with Crippen LogP contribution in [0.15, 0.2) is 60.7 Å². The van der Waals surface area contributed by atoms with E-state index in [9.17, 15) is 4.79 Å². The summed E-state index contributed by atoms with van der Waals surface area (Å²) in [6.07, 6.45) is -0.150. The van der Waals surface area contributed by atoms with Gasteiger partial charge in [-0.05, 0) is 35.9 Å². The van der Waals surface area contributed by atoms with Gasteiger partial charge < -0.3 is 14.4 Å². The molecule has 3 aromatic carbocycles. The van der Waals surface area contributed by atoms with Gasteiger partial charge in [0.05, 0.1) is 29.9 Å². The summed E-state index contributed by atoms with van der Waals surface area (Å²) in [5.74, 6) is 0.234. The number of hydrogen-bond acceptors (Lipinski definition) is 6. The minimum absolute atomic E-state index is 0.150. The second kappa shape index (κ2) is 7.37. The van der Waals surface area contributed by atoms with Gasteiger partial charge in [-0.3, -0.25) is 0 Å².